The maximum atomic E-state index is 13.1. The van der Waals surface area contributed by atoms with Crippen molar-refractivity contribution in [3.05, 3.63) is 0 Å². The molecular formula is C23H37N3O3. The van der Waals surface area contributed by atoms with Gasteiger partial charge in [0, 0.05) is 52.1 Å². The van der Waals surface area contributed by atoms with Gasteiger partial charge in [-0.15, -0.1) is 0 Å². The predicted octanol–water partition coefficient (Wildman–Crippen LogP) is 2.67. The number of carbonyl (C=O) groups excluding carboxylic acids is 3. The number of hydrogen-bond donors (Lipinski definition) is 0. The summed E-state index contributed by atoms with van der Waals surface area (Å²) < 4.78 is 0. The molecule has 4 fully saturated rings. The van der Waals surface area contributed by atoms with E-state index in [4.69, 9.17) is 0 Å². The van der Waals surface area contributed by atoms with E-state index in [1.807, 2.05) is 14.7 Å². The van der Waals surface area contributed by atoms with Crippen molar-refractivity contribution >= 4 is 17.7 Å². The lowest BCUT2D eigenvalue weighted by Gasteiger charge is -2.39. The summed E-state index contributed by atoms with van der Waals surface area (Å²) in [5.74, 6) is 1.93. The standard InChI is InChI=1S/C23H37N3O3/c27-21-7-4-12-25(21)15-19-10-13-24(14-11-19)23(29)20-8-9-22(28)26(17-20)16-18-5-2-1-3-6-18/h18-20H,1-17H2/t20-/m1/s1. The molecule has 0 aromatic heterocycles. The molecule has 3 saturated heterocycles. The normalized spacial score (nSPS) is 27.7. The van der Waals surface area contributed by atoms with Gasteiger partial charge in [-0.05, 0) is 50.4 Å². The van der Waals surface area contributed by atoms with Crippen molar-refractivity contribution in [3.8, 4) is 0 Å². The highest BCUT2D eigenvalue weighted by Crippen LogP contribution is 2.29. The fraction of sp³-hybridized carbons (Fsp3) is 0.870. The third kappa shape index (κ3) is 5.13. The van der Waals surface area contributed by atoms with Crippen LogP contribution in [0.5, 0.6) is 0 Å². The summed E-state index contributed by atoms with van der Waals surface area (Å²) in [6.45, 7) is 4.86. The number of nitrogens with zero attached hydrogens (tertiary/aromatic N) is 3. The highest BCUT2D eigenvalue weighted by atomic mass is 16.2. The van der Waals surface area contributed by atoms with Gasteiger partial charge < -0.3 is 14.7 Å². The summed E-state index contributed by atoms with van der Waals surface area (Å²) in [5, 5.41) is 0. The zero-order chi connectivity index (χ0) is 20.2. The Labute approximate surface area is 175 Å². The molecule has 4 aliphatic rings. The van der Waals surface area contributed by atoms with Gasteiger partial charge in [-0.3, -0.25) is 14.4 Å². The minimum atomic E-state index is -0.0204. The molecule has 1 atom stereocenters. The lowest BCUT2D eigenvalue weighted by Crippen LogP contribution is -2.50. The summed E-state index contributed by atoms with van der Waals surface area (Å²) in [6.07, 6.45) is 11.3. The van der Waals surface area contributed by atoms with Crippen molar-refractivity contribution in [2.45, 2.75) is 70.6 Å². The Morgan fingerprint density at radius 1 is 0.724 bits per heavy atom. The number of rotatable bonds is 5. The fourth-order valence-corrected chi connectivity index (χ4v) is 5.78. The number of likely N-dealkylation sites (tertiary alicyclic amines) is 3. The van der Waals surface area contributed by atoms with E-state index in [0.29, 0.717) is 43.6 Å². The number of amides is 3. The maximum Gasteiger partial charge on any atom is 0.227 e. The molecule has 6 nitrogen and oxygen atoms in total. The molecule has 3 aliphatic heterocycles. The first-order chi connectivity index (χ1) is 14.1. The smallest absolute Gasteiger partial charge is 0.227 e. The van der Waals surface area contributed by atoms with Gasteiger partial charge in [0.2, 0.25) is 17.7 Å². The lowest BCUT2D eigenvalue weighted by molar-refractivity contribution is -0.145. The molecule has 3 heterocycles. The van der Waals surface area contributed by atoms with Gasteiger partial charge >= 0.3 is 0 Å². The van der Waals surface area contributed by atoms with E-state index in [1.54, 1.807) is 0 Å². The molecule has 4 rings (SSSR count). The SMILES string of the molecule is O=C1CCCN1CC1CCN(C(=O)[C@@H]2CCC(=O)N(CC3CCCCC3)C2)CC1. The van der Waals surface area contributed by atoms with E-state index in [2.05, 4.69) is 0 Å². The van der Waals surface area contributed by atoms with Crippen molar-refractivity contribution in [1.82, 2.24) is 14.7 Å². The van der Waals surface area contributed by atoms with Crippen molar-refractivity contribution in [1.29, 1.82) is 0 Å². The number of carbonyl (C=O) groups is 3. The van der Waals surface area contributed by atoms with Crippen LogP contribution in [0.1, 0.15) is 70.6 Å². The van der Waals surface area contributed by atoms with Crippen molar-refractivity contribution < 1.29 is 14.4 Å². The predicted molar refractivity (Wildman–Crippen MR) is 111 cm³/mol. The second kappa shape index (κ2) is 9.48. The molecule has 0 aromatic carbocycles. The number of piperidine rings is 2. The van der Waals surface area contributed by atoms with Crippen LogP contribution in [0.25, 0.3) is 0 Å². The fourth-order valence-electron chi connectivity index (χ4n) is 5.78. The molecule has 3 amide bonds. The van der Waals surface area contributed by atoms with Crippen molar-refractivity contribution in [2.24, 2.45) is 17.8 Å². The van der Waals surface area contributed by atoms with E-state index < -0.39 is 0 Å². The Hall–Kier alpha value is -1.59. The van der Waals surface area contributed by atoms with Crippen LogP contribution in [0.15, 0.2) is 0 Å². The summed E-state index contributed by atoms with van der Waals surface area (Å²) in [5.41, 5.74) is 0. The van der Waals surface area contributed by atoms with Crippen molar-refractivity contribution in [2.75, 3.05) is 39.3 Å². The molecular weight excluding hydrogens is 366 g/mol. The largest absolute Gasteiger partial charge is 0.342 e. The molecule has 29 heavy (non-hydrogen) atoms. The van der Waals surface area contributed by atoms with Crippen LogP contribution >= 0.6 is 0 Å². The zero-order valence-corrected chi connectivity index (χ0v) is 17.8. The topological polar surface area (TPSA) is 60.9 Å². The maximum absolute atomic E-state index is 13.1. The second-order valence-corrected chi connectivity index (χ2v) is 9.75. The minimum absolute atomic E-state index is 0.0204. The molecule has 0 N–H and O–H groups in total. The van der Waals surface area contributed by atoms with Crippen LogP contribution in [0.4, 0.5) is 0 Å². The van der Waals surface area contributed by atoms with Gasteiger partial charge in [-0.2, -0.15) is 0 Å². The van der Waals surface area contributed by atoms with Crippen LogP contribution in [-0.4, -0.2) is 71.7 Å². The molecule has 0 radical (unpaired) electrons. The first-order valence-electron chi connectivity index (χ1n) is 11.9. The lowest BCUT2D eigenvalue weighted by atomic mass is 9.87. The van der Waals surface area contributed by atoms with Gasteiger partial charge in [0.25, 0.3) is 0 Å². The zero-order valence-electron chi connectivity index (χ0n) is 17.8. The molecule has 0 unspecified atom stereocenters. The third-order valence-corrected chi connectivity index (χ3v) is 7.63. The molecule has 1 aliphatic carbocycles. The Kier molecular flexibility index (Phi) is 6.76. The van der Waals surface area contributed by atoms with E-state index >= 15 is 0 Å². The van der Waals surface area contributed by atoms with Crippen LogP contribution in [0, 0.1) is 17.8 Å². The van der Waals surface area contributed by atoms with Crippen LogP contribution in [0.2, 0.25) is 0 Å². The summed E-state index contributed by atoms with van der Waals surface area (Å²) >= 11 is 0. The van der Waals surface area contributed by atoms with Gasteiger partial charge in [0.15, 0.2) is 0 Å². The molecule has 1 saturated carbocycles. The third-order valence-electron chi connectivity index (χ3n) is 7.63. The van der Waals surface area contributed by atoms with Crippen LogP contribution in [0.3, 0.4) is 0 Å². The Balaban J connectivity index is 1.24. The first-order valence-corrected chi connectivity index (χ1v) is 11.9. The average molecular weight is 404 g/mol. The van der Waals surface area contributed by atoms with E-state index in [1.165, 1.54) is 32.1 Å². The summed E-state index contributed by atoms with van der Waals surface area (Å²) in [7, 11) is 0. The molecule has 0 spiro atoms. The van der Waals surface area contributed by atoms with Crippen LogP contribution < -0.4 is 0 Å². The number of hydrogen-bond acceptors (Lipinski definition) is 3. The first kappa shape index (κ1) is 20.7. The van der Waals surface area contributed by atoms with E-state index in [-0.39, 0.29) is 17.7 Å². The van der Waals surface area contributed by atoms with Crippen LogP contribution in [-0.2, 0) is 14.4 Å². The van der Waals surface area contributed by atoms with Gasteiger partial charge in [-0.1, -0.05) is 19.3 Å². The van der Waals surface area contributed by atoms with Crippen molar-refractivity contribution in [3.63, 3.8) is 0 Å². The molecule has 0 bridgehead atoms. The Morgan fingerprint density at radius 2 is 1.38 bits per heavy atom. The average Bonchev–Trinajstić information content (AvgIpc) is 3.15. The van der Waals surface area contributed by atoms with Gasteiger partial charge in [0.1, 0.15) is 0 Å². The van der Waals surface area contributed by atoms with Gasteiger partial charge in [0.05, 0.1) is 5.92 Å². The van der Waals surface area contributed by atoms with Gasteiger partial charge in [-0.25, -0.2) is 0 Å². The van der Waals surface area contributed by atoms with E-state index in [9.17, 15) is 14.4 Å². The highest BCUT2D eigenvalue weighted by Gasteiger charge is 2.35. The molecule has 0 aromatic rings. The molecule has 162 valence electrons. The summed E-state index contributed by atoms with van der Waals surface area (Å²) in [6, 6.07) is 0. The Morgan fingerprint density at radius 3 is 2.07 bits per heavy atom. The molecule has 6 heteroatoms. The minimum Gasteiger partial charge on any atom is -0.342 e. The second-order valence-electron chi connectivity index (χ2n) is 9.75. The Bertz CT molecular complexity index is 608. The highest BCUT2D eigenvalue weighted by molar-refractivity contribution is 5.84. The quantitative estimate of drug-likeness (QED) is 0.709. The monoisotopic (exact) mass is 403 g/mol. The van der Waals surface area contributed by atoms with E-state index in [0.717, 1.165) is 52.0 Å². The summed E-state index contributed by atoms with van der Waals surface area (Å²) in [4.78, 5) is 43.4.